The second kappa shape index (κ2) is 8.68. The summed E-state index contributed by atoms with van der Waals surface area (Å²) in [5.41, 5.74) is 2.07. The van der Waals surface area contributed by atoms with E-state index in [9.17, 15) is 18.0 Å². The molecule has 1 aliphatic heterocycles. The number of rotatable bonds is 5. The molecule has 0 aliphatic carbocycles. The first-order valence-corrected chi connectivity index (χ1v) is 10.5. The van der Waals surface area contributed by atoms with Gasteiger partial charge in [0.1, 0.15) is 5.56 Å². The van der Waals surface area contributed by atoms with Gasteiger partial charge in [0, 0.05) is 13.1 Å². The molecule has 0 spiro atoms. The molecule has 0 N–H and O–H groups in total. The topological polar surface area (TPSA) is 48.5 Å². The minimum Gasteiger partial charge on any atom is -0.454 e. The molecular weight excluding hydrogens is 419 g/mol. The van der Waals surface area contributed by atoms with E-state index in [1.165, 1.54) is 6.07 Å². The Bertz CT molecular complexity index is 1220. The smallest absolute Gasteiger partial charge is 0.416 e. The molecule has 0 fully saturated rings. The molecule has 0 saturated carbocycles. The molecule has 0 amide bonds. The van der Waals surface area contributed by atoms with Crippen LogP contribution in [0.3, 0.4) is 0 Å². The van der Waals surface area contributed by atoms with Crippen molar-refractivity contribution in [2.24, 2.45) is 4.99 Å². The first-order valence-electron chi connectivity index (χ1n) is 10.5. The number of aromatic nitrogens is 2. The minimum absolute atomic E-state index is 0.0827. The summed E-state index contributed by atoms with van der Waals surface area (Å²) in [6.07, 6.45) is -0.960. The lowest BCUT2D eigenvalue weighted by Gasteiger charge is -2.19. The van der Waals surface area contributed by atoms with E-state index in [2.05, 4.69) is 4.99 Å². The number of hydrogen-bond donors (Lipinski definition) is 0. The molecule has 0 saturated heterocycles. The highest BCUT2D eigenvalue weighted by Gasteiger charge is 2.31. The SMILES string of the molecule is C/C=N\COc1c(-c2cc(-c3cccc(C(F)(F)F)c3)ccc2C)c(=O)n2n1CCCC2. The third kappa shape index (κ3) is 4.09. The fourth-order valence-corrected chi connectivity index (χ4v) is 4.03. The number of aliphatic imine (C=N–C) groups is 1. The molecular formula is C24H24F3N3O2. The number of benzene rings is 2. The summed E-state index contributed by atoms with van der Waals surface area (Å²) < 4.78 is 49.0. The Kier molecular flexibility index (Phi) is 5.95. The van der Waals surface area contributed by atoms with E-state index in [0.29, 0.717) is 41.2 Å². The summed E-state index contributed by atoms with van der Waals surface area (Å²) in [6.45, 7) is 5.00. The first kappa shape index (κ1) is 21.9. The standard InChI is InChI=1S/C24H24F3N3O2/c1-3-28-15-32-23-21(22(31)29-11-4-5-12-30(23)29)20-14-18(10-9-16(20)2)17-7-6-8-19(13-17)24(25,26)27/h3,6-10,13-14H,4-5,11-12,15H2,1-2H3/b28-3-. The Balaban J connectivity index is 1.86. The Morgan fingerprint density at radius 1 is 1.06 bits per heavy atom. The van der Waals surface area contributed by atoms with Crippen LogP contribution in [0.5, 0.6) is 5.88 Å². The predicted molar refractivity (Wildman–Crippen MR) is 118 cm³/mol. The first-order chi connectivity index (χ1) is 15.3. The maximum absolute atomic E-state index is 13.3. The fraction of sp³-hybridized carbons (Fsp3) is 0.333. The average Bonchev–Trinajstić information content (AvgIpc) is 3.06. The van der Waals surface area contributed by atoms with Crippen LogP contribution in [0.15, 0.2) is 52.3 Å². The zero-order chi connectivity index (χ0) is 22.9. The summed E-state index contributed by atoms with van der Waals surface area (Å²) in [5.74, 6) is 0.449. The van der Waals surface area contributed by atoms with Gasteiger partial charge in [-0.05, 0) is 73.4 Å². The van der Waals surface area contributed by atoms with Gasteiger partial charge >= 0.3 is 6.18 Å². The summed E-state index contributed by atoms with van der Waals surface area (Å²) in [4.78, 5) is 17.4. The van der Waals surface area contributed by atoms with Crippen LogP contribution >= 0.6 is 0 Å². The van der Waals surface area contributed by atoms with E-state index >= 15 is 0 Å². The minimum atomic E-state index is -4.43. The van der Waals surface area contributed by atoms with Gasteiger partial charge in [-0.15, -0.1) is 0 Å². The van der Waals surface area contributed by atoms with Gasteiger partial charge in [0.05, 0.1) is 5.56 Å². The highest BCUT2D eigenvalue weighted by Crippen LogP contribution is 2.36. The van der Waals surface area contributed by atoms with Crippen LogP contribution in [0.2, 0.25) is 0 Å². The van der Waals surface area contributed by atoms with Crippen LogP contribution in [0.1, 0.15) is 30.9 Å². The molecule has 8 heteroatoms. The average molecular weight is 443 g/mol. The normalized spacial score (nSPS) is 14.0. The molecule has 2 aromatic carbocycles. The molecule has 0 bridgehead atoms. The van der Waals surface area contributed by atoms with Crippen molar-refractivity contribution in [2.75, 3.05) is 6.73 Å². The summed E-state index contributed by atoms with van der Waals surface area (Å²) in [7, 11) is 0. The second-order valence-corrected chi connectivity index (χ2v) is 7.76. The van der Waals surface area contributed by atoms with Crippen LogP contribution in [-0.2, 0) is 19.3 Å². The molecule has 4 rings (SSSR count). The highest BCUT2D eigenvalue weighted by molar-refractivity contribution is 5.78. The van der Waals surface area contributed by atoms with E-state index in [-0.39, 0.29) is 12.3 Å². The van der Waals surface area contributed by atoms with Crippen molar-refractivity contribution in [2.45, 2.75) is 46.0 Å². The molecule has 0 atom stereocenters. The molecule has 0 unspecified atom stereocenters. The van der Waals surface area contributed by atoms with Crippen molar-refractivity contribution in [1.29, 1.82) is 0 Å². The molecule has 32 heavy (non-hydrogen) atoms. The van der Waals surface area contributed by atoms with Crippen molar-refractivity contribution >= 4 is 6.21 Å². The lowest BCUT2D eigenvalue weighted by Crippen LogP contribution is -2.27. The Morgan fingerprint density at radius 3 is 2.50 bits per heavy atom. The quantitative estimate of drug-likeness (QED) is 0.487. The summed E-state index contributed by atoms with van der Waals surface area (Å²) >= 11 is 0. The number of alkyl halides is 3. The third-order valence-electron chi connectivity index (χ3n) is 5.67. The van der Waals surface area contributed by atoms with Crippen molar-refractivity contribution in [3.63, 3.8) is 0 Å². The zero-order valence-electron chi connectivity index (χ0n) is 17.9. The largest absolute Gasteiger partial charge is 0.454 e. The lowest BCUT2D eigenvalue weighted by atomic mass is 9.95. The number of ether oxygens (including phenoxy) is 1. The van der Waals surface area contributed by atoms with Crippen LogP contribution in [0, 0.1) is 6.92 Å². The molecule has 5 nitrogen and oxygen atoms in total. The summed E-state index contributed by atoms with van der Waals surface area (Å²) in [5, 5.41) is 0. The number of aryl methyl sites for hydroxylation is 1. The Hall–Kier alpha value is -3.29. The van der Waals surface area contributed by atoms with Crippen LogP contribution in [-0.4, -0.2) is 22.3 Å². The lowest BCUT2D eigenvalue weighted by molar-refractivity contribution is -0.137. The Labute approximate surface area is 183 Å². The molecule has 2 heterocycles. The van der Waals surface area contributed by atoms with E-state index in [4.69, 9.17) is 4.74 Å². The highest BCUT2D eigenvalue weighted by atomic mass is 19.4. The van der Waals surface area contributed by atoms with Gasteiger partial charge in [-0.2, -0.15) is 13.2 Å². The van der Waals surface area contributed by atoms with E-state index in [0.717, 1.165) is 30.5 Å². The number of fused-ring (bicyclic) bond motifs is 1. The van der Waals surface area contributed by atoms with E-state index in [1.807, 2.05) is 17.7 Å². The second-order valence-electron chi connectivity index (χ2n) is 7.76. The van der Waals surface area contributed by atoms with Crippen molar-refractivity contribution in [3.05, 3.63) is 63.9 Å². The summed E-state index contributed by atoms with van der Waals surface area (Å²) in [6, 6.07) is 10.6. The molecule has 1 aromatic heterocycles. The predicted octanol–water partition coefficient (Wildman–Crippen LogP) is 5.53. The van der Waals surface area contributed by atoms with Gasteiger partial charge in [0.2, 0.25) is 5.88 Å². The van der Waals surface area contributed by atoms with Crippen LogP contribution in [0.4, 0.5) is 13.2 Å². The van der Waals surface area contributed by atoms with Gasteiger partial charge in [0.15, 0.2) is 6.73 Å². The van der Waals surface area contributed by atoms with Crippen LogP contribution in [0.25, 0.3) is 22.3 Å². The fourth-order valence-electron chi connectivity index (χ4n) is 4.03. The zero-order valence-corrected chi connectivity index (χ0v) is 17.9. The monoisotopic (exact) mass is 443 g/mol. The van der Waals surface area contributed by atoms with E-state index < -0.39 is 11.7 Å². The van der Waals surface area contributed by atoms with Gasteiger partial charge in [0.25, 0.3) is 5.56 Å². The maximum Gasteiger partial charge on any atom is 0.416 e. The number of hydrogen-bond acceptors (Lipinski definition) is 3. The van der Waals surface area contributed by atoms with Crippen molar-refractivity contribution < 1.29 is 17.9 Å². The Morgan fingerprint density at radius 2 is 1.78 bits per heavy atom. The van der Waals surface area contributed by atoms with Crippen LogP contribution < -0.4 is 10.3 Å². The number of halogens is 3. The van der Waals surface area contributed by atoms with Gasteiger partial charge in [-0.1, -0.05) is 24.3 Å². The van der Waals surface area contributed by atoms with E-state index in [1.54, 1.807) is 36.0 Å². The molecule has 1 aliphatic rings. The van der Waals surface area contributed by atoms with Gasteiger partial charge in [-0.25, -0.2) is 4.68 Å². The van der Waals surface area contributed by atoms with Gasteiger partial charge in [-0.3, -0.25) is 14.5 Å². The molecule has 3 aromatic rings. The third-order valence-corrected chi connectivity index (χ3v) is 5.67. The molecule has 168 valence electrons. The van der Waals surface area contributed by atoms with Crippen molar-refractivity contribution in [1.82, 2.24) is 9.36 Å². The van der Waals surface area contributed by atoms with Gasteiger partial charge < -0.3 is 4.74 Å². The molecule has 0 radical (unpaired) electrons. The number of nitrogens with zero attached hydrogens (tertiary/aromatic N) is 3. The van der Waals surface area contributed by atoms with Crippen molar-refractivity contribution in [3.8, 4) is 28.1 Å². The maximum atomic E-state index is 13.3.